The predicted molar refractivity (Wildman–Crippen MR) is 138 cm³/mol. The standard InChI is InChI=1S/C27H32ClFN4O4/c1-17-20(15-30-33(17)18-5-3-2-4-6-18)25(36)32-27-11-9-26(10-12-27,14-23(27)34)31-24(35)16-37-19-7-8-21(28)22(29)13-19/h2-8,13,17,20,23,30,34H,9-12,14-16H2,1H3,(H,31,35)(H,32,36). The first kappa shape index (κ1) is 25.8. The van der Waals surface area contributed by atoms with Crippen molar-refractivity contribution in [1.29, 1.82) is 0 Å². The molecule has 2 aromatic rings. The maximum atomic E-state index is 13.6. The van der Waals surface area contributed by atoms with Crippen molar-refractivity contribution in [3.05, 3.63) is 59.4 Å². The fourth-order valence-corrected chi connectivity index (χ4v) is 6.08. The second kappa shape index (κ2) is 10.1. The maximum absolute atomic E-state index is 13.6. The summed E-state index contributed by atoms with van der Waals surface area (Å²) in [6, 6.07) is 13.8. The van der Waals surface area contributed by atoms with E-state index < -0.39 is 23.0 Å². The Labute approximate surface area is 220 Å². The molecule has 6 rings (SSSR count). The number of hydrazine groups is 1. The second-order valence-electron chi connectivity index (χ2n) is 10.5. The van der Waals surface area contributed by atoms with Crippen molar-refractivity contribution in [3.8, 4) is 5.75 Å². The lowest BCUT2D eigenvalue weighted by Crippen LogP contribution is -2.71. The van der Waals surface area contributed by atoms with Crippen LogP contribution in [-0.2, 0) is 9.59 Å². The number of para-hydroxylation sites is 1. The first-order chi connectivity index (χ1) is 17.7. The summed E-state index contributed by atoms with van der Waals surface area (Å²) in [5.41, 5.74) is 3.08. The van der Waals surface area contributed by atoms with E-state index in [0.717, 1.165) is 11.8 Å². The highest BCUT2D eigenvalue weighted by Gasteiger charge is 2.56. The minimum Gasteiger partial charge on any atom is -0.484 e. The van der Waals surface area contributed by atoms with E-state index in [1.807, 2.05) is 42.3 Å². The van der Waals surface area contributed by atoms with Gasteiger partial charge in [-0.1, -0.05) is 29.8 Å². The number of carbonyl (C=O) groups excluding carboxylic acids is 2. The molecule has 2 amide bonds. The third-order valence-corrected chi connectivity index (χ3v) is 8.51. The Kier molecular flexibility index (Phi) is 7.04. The number of aliphatic hydroxyl groups is 1. The van der Waals surface area contributed by atoms with Crippen LogP contribution in [0.4, 0.5) is 10.1 Å². The van der Waals surface area contributed by atoms with Gasteiger partial charge in [0.1, 0.15) is 11.6 Å². The van der Waals surface area contributed by atoms with Crippen LogP contribution in [-0.4, -0.2) is 53.3 Å². The minimum atomic E-state index is -0.777. The van der Waals surface area contributed by atoms with Crippen molar-refractivity contribution in [2.75, 3.05) is 18.2 Å². The van der Waals surface area contributed by atoms with E-state index in [4.69, 9.17) is 16.3 Å². The Balaban J connectivity index is 1.16. The second-order valence-corrected chi connectivity index (χ2v) is 10.9. The molecular formula is C27H32ClFN4O4. The molecule has 3 saturated carbocycles. The van der Waals surface area contributed by atoms with Gasteiger partial charge >= 0.3 is 0 Å². The van der Waals surface area contributed by atoms with Gasteiger partial charge in [0.05, 0.1) is 34.3 Å². The number of aliphatic hydroxyl groups excluding tert-OH is 1. The van der Waals surface area contributed by atoms with Crippen molar-refractivity contribution in [1.82, 2.24) is 16.1 Å². The lowest BCUT2D eigenvalue weighted by Gasteiger charge is -2.56. The SMILES string of the molecule is CC1C(C(=O)NC23CCC(NC(=O)COc4ccc(Cl)c(F)c4)(CC2)CC3O)CNN1c1ccccc1. The van der Waals surface area contributed by atoms with Gasteiger partial charge in [-0.15, -0.1) is 0 Å². The van der Waals surface area contributed by atoms with E-state index in [1.165, 1.54) is 12.1 Å². The third-order valence-electron chi connectivity index (χ3n) is 8.20. The van der Waals surface area contributed by atoms with Gasteiger partial charge in [0.2, 0.25) is 5.91 Å². The average Bonchev–Trinajstić information content (AvgIpc) is 3.28. The first-order valence-electron chi connectivity index (χ1n) is 12.7. The summed E-state index contributed by atoms with van der Waals surface area (Å²) in [4.78, 5) is 26.0. The minimum absolute atomic E-state index is 0.0168. The molecule has 3 unspecified atom stereocenters. The number of anilines is 1. The van der Waals surface area contributed by atoms with E-state index in [-0.39, 0.29) is 41.2 Å². The van der Waals surface area contributed by atoms with Gasteiger partial charge in [-0.25, -0.2) is 9.82 Å². The number of amides is 2. The van der Waals surface area contributed by atoms with Crippen LogP contribution in [0, 0.1) is 11.7 Å². The Morgan fingerprint density at radius 3 is 2.57 bits per heavy atom. The number of benzene rings is 2. The zero-order valence-corrected chi connectivity index (χ0v) is 21.4. The number of nitrogens with zero attached hydrogens (tertiary/aromatic N) is 1. The molecule has 4 aliphatic rings. The fourth-order valence-electron chi connectivity index (χ4n) is 5.97. The Morgan fingerprint density at radius 2 is 1.89 bits per heavy atom. The normalized spacial score (nSPS) is 30.7. The number of carbonyl (C=O) groups is 2. The molecule has 0 aromatic heterocycles. The number of hydrogen-bond donors (Lipinski definition) is 4. The molecule has 2 aromatic carbocycles. The molecule has 1 aliphatic heterocycles. The van der Waals surface area contributed by atoms with E-state index in [1.54, 1.807) is 0 Å². The van der Waals surface area contributed by atoms with Crippen molar-refractivity contribution in [2.24, 2.45) is 5.92 Å². The first-order valence-corrected chi connectivity index (χ1v) is 13.0. The average molecular weight is 531 g/mol. The van der Waals surface area contributed by atoms with Crippen LogP contribution in [0.5, 0.6) is 5.75 Å². The quantitative estimate of drug-likeness (QED) is 0.439. The Morgan fingerprint density at radius 1 is 1.16 bits per heavy atom. The zero-order chi connectivity index (χ0) is 26.2. The molecule has 1 saturated heterocycles. The van der Waals surface area contributed by atoms with Crippen molar-refractivity contribution >= 4 is 29.1 Å². The molecule has 198 valence electrons. The van der Waals surface area contributed by atoms with Gasteiger partial charge in [0.15, 0.2) is 6.61 Å². The molecule has 4 N–H and O–H groups in total. The number of ether oxygens (including phenoxy) is 1. The molecule has 1 heterocycles. The number of fused-ring (bicyclic) bond motifs is 3. The largest absolute Gasteiger partial charge is 0.484 e. The Bertz CT molecular complexity index is 1160. The predicted octanol–water partition coefficient (Wildman–Crippen LogP) is 2.94. The highest BCUT2D eigenvalue weighted by Crippen LogP contribution is 2.47. The summed E-state index contributed by atoms with van der Waals surface area (Å²) < 4.78 is 19.0. The van der Waals surface area contributed by atoms with Crippen molar-refractivity contribution in [2.45, 2.75) is 62.3 Å². The summed E-state index contributed by atoms with van der Waals surface area (Å²) in [6.07, 6.45) is 1.99. The van der Waals surface area contributed by atoms with Crippen LogP contribution in [0.1, 0.15) is 39.0 Å². The maximum Gasteiger partial charge on any atom is 0.258 e. The highest BCUT2D eigenvalue weighted by atomic mass is 35.5. The number of hydrogen-bond acceptors (Lipinski definition) is 6. The molecule has 0 spiro atoms. The summed E-state index contributed by atoms with van der Waals surface area (Å²) in [5.74, 6) is -1.07. The van der Waals surface area contributed by atoms with Crippen LogP contribution in [0.15, 0.2) is 48.5 Å². The fraction of sp³-hybridized carbons (Fsp3) is 0.481. The van der Waals surface area contributed by atoms with Crippen LogP contribution in [0.2, 0.25) is 5.02 Å². The smallest absolute Gasteiger partial charge is 0.258 e. The summed E-state index contributed by atoms with van der Waals surface area (Å²) in [6.45, 7) is 2.27. The molecule has 4 fully saturated rings. The zero-order valence-electron chi connectivity index (χ0n) is 20.7. The van der Waals surface area contributed by atoms with Crippen molar-refractivity contribution < 1.29 is 23.8 Å². The van der Waals surface area contributed by atoms with Gasteiger partial charge in [0.25, 0.3) is 5.91 Å². The third kappa shape index (κ3) is 5.12. The molecule has 2 bridgehead atoms. The topological polar surface area (TPSA) is 103 Å². The van der Waals surface area contributed by atoms with E-state index in [9.17, 15) is 19.1 Å². The van der Waals surface area contributed by atoms with E-state index in [2.05, 4.69) is 16.1 Å². The van der Waals surface area contributed by atoms with Gasteiger partial charge < -0.3 is 25.5 Å². The molecular weight excluding hydrogens is 499 g/mol. The molecule has 3 atom stereocenters. The highest BCUT2D eigenvalue weighted by molar-refractivity contribution is 6.30. The summed E-state index contributed by atoms with van der Waals surface area (Å²) >= 11 is 5.68. The van der Waals surface area contributed by atoms with Gasteiger partial charge in [0, 0.05) is 18.2 Å². The Hall–Kier alpha value is -2.88. The van der Waals surface area contributed by atoms with Crippen LogP contribution in [0.25, 0.3) is 0 Å². The molecule has 37 heavy (non-hydrogen) atoms. The summed E-state index contributed by atoms with van der Waals surface area (Å²) in [5, 5.41) is 19.3. The van der Waals surface area contributed by atoms with E-state index in [0.29, 0.717) is 38.6 Å². The van der Waals surface area contributed by atoms with Gasteiger partial charge in [-0.3, -0.25) is 9.59 Å². The van der Waals surface area contributed by atoms with Crippen LogP contribution >= 0.6 is 11.6 Å². The number of halogens is 2. The molecule has 10 heteroatoms. The molecule has 3 aliphatic carbocycles. The monoisotopic (exact) mass is 530 g/mol. The molecule has 8 nitrogen and oxygen atoms in total. The molecule has 0 radical (unpaired) electrons. The van der Waals surface area contributed by atoms with Gasteiger partial charge in [-0.05, 0) is 63.3 Å². The van der Waals surface area contributed by atoms with Crippen molar-refractivity contribution in [3.63, 3.8) is 0 Å². The summed E-state index contributed by atoms with van der Waals surface area (Å²) in [7, 11) is 0. The lowest BCUT2D eigenvalue weighted by atomic mass is 9.59. The van der Waals surface area contributed by atoms with Crippen LogP contribution in [0.3, 0.4) is 0 Å². The number of nitrogens with one attached hydrogen (secondary N) is 3. The van der Waals surface area contributed by atoms with E-state index >= 15 is 0 Å². The number of rotatable bonds is 7. The lowest BCUT2D eigenvalue weighted by molar-refractivity contribution is -0.138. The van der Waals surface area contributed by atoms with Gasteiger partial charge in [-0.2, -0.15) is 0 Å². The van der Waals surface area contributed by atoms with Crippen LogP contribution < -0.4 is 25.8 Å².